The molecule has 0 aliphatic carbocycles. The first-order chi connectivity index (χ1) is 13.9. The van der Waals surface area contributed by atoms with E-state index >= 15 is 0 Å². The highest BCUT2D eigenvalue weighted by atomic mass is 32.2. The van der Waals surface area contributed by atoms with Crippen molar-refractivity contribution in [2.45, 2.75) is 11.7 Å². The third-order valence-corrected chi connectivity index (χ3v) is 4.83. The molecule has 3 rings (SSSR count). The number of amides is 1. The third-order valence-electron chi connectivity index (χ3n) is 3.76. The van der Waals surface area contributed by atoms with Crippen molar-refractivity contribution in [2.24, 2.45) is 10.2 Å². The van der Waals surface area contributed by atoms with Crippen LogP contribution in [0.2, 0.25) is 0 Å². The molecule has 0 saturated carbocycles. The summed E-state index contributed by atoms with van der Waals surface area (Å²) in [5.74, 6) is -0.465. The maximum absolute atomic E-state index is 11.6. The molecule has 2 aromatic rings. The van der Waals surface area contributed by atoms with Crippen LogP contribution >= 0.6 is 11.8 Å². The number of amidine groups is 1. The lowest BCUT2D eigenvalue weighted by Gasteiger charge is -2.05. The van der Waals surface area contributed by atoms with E-state index in [9.17, 15) is 19.7 Å². The number of carboxylic acids is 1. The molecule has 1 saturated heterocycles. The van der Waals surface area contributed by atoms with Crippen molar-refractivity contribution in [1.29, 1.82) is 0 Å². The van der Waals surface area contributed by atoms with Gasteiger partial charge in [-0.25, -0.2) is 0 Å². The van der Waals surface area contributed by atoms with Crippen LogP contribution in [0.1, 0.15) is 12.2 Å². The number of furan rings is 1. The topological polar surface area (TPSA) is 157 Å². The predicted molar refractivity (Wildman–Crippen MR) is 104 cm³/mol. The average molecular weight is 418 g/mol. The van der Waals surface area contributed by atoms with Crippen LogP contribution < -0.4 is 10.1 Å². The first-order valence-electron chi connectivity index (χ1n) is 8.10. The maximum Gasteiger partial charge on any atom is 0.305 e. The van der Waals surface area contributed by atoms with Crippen LogP contribution in [0.15, 0.2) is 45.0 Å². The van der Waals surface area contributed by atoms with Crippen molar-refractivity contribution < 1.29 is 28.8 Å². The minimum Gasteiger partial charge on any atom is -0.496 e. The zero-order valence-electron chi connectivity index (χ0n) is 14.9. The second-order valence-electron chi connectivity index (χ2n) is 5.69. The Kier molecular flexibility index (Phi) is 5.93. The zero-order valence-corrected chi connectivity index (χ0v) is 15.7. The number of thioether (sulfide) groups is 1. The molecule has 1 aromatic carbocycles. The number of hydrogen-bond acceptors (Lipinski definition) is 9. The Morgan fingerprint density at radius 3 is 2.93 bits per heavy atom. The van der Waals surface area contributed by atoms with Crippen molar-refractivity contribution in [3.8, 4) is 17.1 Å². The molecular formula is C17H14N4O7S. The monoisotopic (exact) mass is 418 g/mol. The standard InChI is InChI=1S/C17H14N4O7S/c1-27-13-6-9(21(25)26)2-4-11(13)12-5-3-10(28-12)8-18-20-17-19-16(24)14(29-17)7-15(22)23/h2-6,8,14H,7H2,1H3,(H,22,23)(H,19,20,24)/b18-8-/t14-/m0/s1. The first-order valence-corrected chi connectivity index (χ1v) is 8.98. The van der Waals surface area contributed by atoms with Crippen molar-refractivity contribution >= 4 is 40.7 Å². The summed E-state index contributed by atoms with van der Waals surface area (Å²) < 4.78 is 10.8. The molecule has 2 N–H and O–H groups in total. The normalized spacial score (nSPS) is 17.6. The van der Waals surface area contributed by atoms with Gasteiger partial charge in [0, 0.05) is 6.07 Å². The molecule has 0 unspecified atom stereocenters. The summed E-state index contributed by atoms with van der Waals surface area (Å²) in [6, 6.07) is 7.42. The highest BCUT2D eigenvalue weighted by Gasteiger charge is 2.32. The number of carboxylic acid groups (broad SMARTS) is 1. The smallest absolute Gasteiger partial charge is 0.305 e. The predicted octanol–water partition coefficient (Wildman–Crippen LogP) is 2.26. The van der Waals surface area contributed by atoms with Gasteiger partial charge in [-0.05, 0) is 18.2 Å². The van der Waals surface area contributed by atoms with Gasteiger partial charge < -0.3 is 19.6 Å². The summed E-state index contributed by atoms with van der Waals surface area (Å²) in [5.41, 5.74) is 0.422. The van der Waals surface area contributed by atoms with Gasteiger partial charge >= 0.3 is 5.97 Å². The molecule has 0 radical (unpaired) electrons. The number of carbonyl (C=O) groups excluding carboxylic acids is 1. The number of methoxy groups -OCH3 is 1. The Bertz CT molecular complexity index is 1030. The molecule has 150 valence electrons. The van der Waals surface area contributed by atoms with Gasteiger partial charge in [0.25, 0.3) is 5.69 Å². The number of benzene rings is 1. The number of nitrogens with one attached hydrogen (secondary N) is 1. The van der Waals surface area contributed by atoms with Gasteiger partial charge in [-0.2, -0.15) is 5.10 Å². The fraction of sp³-hybridized carbons (Fsp3) is 0.176. The van der Waals surface area contributed by atoms with E-state index in [1.165, 1.54) is 31.5 Å². The number of nitro groups is 1. The van der Waals surface area contributed by atoms with Crippen LogP contribution in [0.3, 0.4) is 0 Å². The van der Waals surface area contributed by atoms with E-state index in [0.717, 1.165) is 11.8 Å². The summed E-state index contributed by atoms with van der Waals surface area (Å²) in [7, 11) is 1.40. The van der Waals surface area contributed by atoms with Crippen LogP contribution in [0, 0.1) is 10.1 Å². The van der Waals surface area contributed by atoms with Crippen LogP contribution in [-0.4, -0.2) is 45.6 Å². The van der Waals surface area contributed by atoms with Crippen molar-refractivity contribution in [3.63, 3.8) is 0 Å². The number of non-ortho nitro benzene ring substituents is 1. The number of aliphatic carboxylic acids is 1. The SMILES string of the molecule is COc1cc([N+](=O)[O-])ccc1-c1ccc(/C=N\N=C2\NC(=O)[C@H](CC(=O)O)S2)o1. The lowest BCUT2D eigenvalue weighted by molar-refractivity contribution is -0.384. The minimum absolute atomic E-state index is 0.105. The second kappa shape index (κ2) is 8.56. The molecule has 1 aliphatic rings. The lowest BCUT2D eigenvalue weighted by atomic mass is 10.1. The van der Waals surface area contributed by atoms with Crippen LogP contribution in [0.25, 0.3) is 11.3 Å². The number of carbonyl (C=O) groups is 2. The summed E-state index contributed by atoms with van der Waals surface area (Å²) in [6.07, 6.45) is 1.00. The summed E-state index contributed by atoms with van der Waals surface area (Å²) in [4.78, 5) is 32.7. The number of rotatable bonds is 7. The fourth-order valence-electron chi connectivity index (χ4n) is 2.45. The van der Waals surface area contributed by atoms with Crippen LogP contribution in [-0.2, 0) is 9.59 Å². The minimum atomic E-state index is -1.08. The number of nitro benzene ring substituents is 1. The van der Waals surface area contributed by atoms with Crippen molar-refractivity contribution in [2.75, 3.05) is 7.11 Å². The largest absolute Gasteiger partial charge is 0.496 e. The van der Waals surface area contributed by atoms with E-state index in [1.54, 1.807) is 12.1 Å². The first kappa shape index (κ1) is 20.1. The Balaban J connectivity index is 1.72. The highest BCUT2D eigenvalue weighted by Crippen LogP contribution is 2.34. The third kappa shape index (κ3) is 4.79. The van der Waals surface area contributed by atoms with E-state index in [4.69, 9.17) is 14.3 Å². The van der Waals surface area contributed by atoms with Gasteiger partial charge in [-0.3, -0.25) is 19.7 Å². The number of ether oxygens (including phenoxy) is 1. The van der Waals surface area contributed by atoms with Gasteiger partial charge in [0.1, 0.15) is 22.5 Å². The molecule has 12 heteroatoms. The molecule has 1 atom stereocenters. The van der Waals surface area contributed by atoms with Crippen molar-refractivity contribution in [1.82, 2.24) is 5.32 Å². The number of hydrogen-bond donors (Lipinski definition) is 2. The second-order valence-corrected chi connectivity index (χ2v) is 6.88. The molecule has 2 heterocycles. The van der Waals surface area contributed by atoms with Gasteiger partial charge in [-0.15, -0.1) is 5.10 Å². The Labute approximate surface area is 167 Å². The highest BCUT2D eigenvalue weighted by molar-refractivity contribution is 8.15. The van der Waals surface area contributed by atoms with Gasteiger partial charge in [0.2, 0.25) is 5.91 Å². The Hall–Kier alpha value is -3.67. The van der Waals surface area contributed by atoms with E-state index in [1.807, 2.05) is 0 Å². The number of nitrogens with zero attached hydrogens (tertiary/aromatic N) is 3. The molecule has 1 fully saturated rings. The van der Waals surface area contributed by atoms with Crippen LogP contribution in [0.4, 0.5) is 5.69 Å². The van der Waals surface area contributed by atoms with E-state index < -0.39 is 22.0 Å². The average Bonchev–Trinajstić information content (AvgIpc) is 3.27. The molecular weight excluding hydrogens is 404 g/mol. The van der Waals surface area contributed by atoms with E-state index in [-0.39, 0.29) is 23.0 Å². The Morgan fingerprint density at radius 2 is 2.24 bits per heavy atom. The maximum atomic E-state index is 11.6. The zero-order chi connectivity index (χ0) is 21.0. The molecule has 1 aromatic heterocycles. The van der Waals surface area contributed by atoms with Crippen LogP contribution in [0.5, 0.6) is 5.75 Å². The molecule has 0 bridgehead atoms. The summed E-state index contributed by atoms with van der Waals surface area (Å²) in [6.45, 7) is 0. The van der Waals surface area contributed by atoms with Gasteiger partial charge in [0.05, 0.1) is 36.3 Å². The van der Waals surface area contributed by atoms with E-state index in [2.05, 4.69) is 15.5 Å². The molecule has 29 heavy (non-hydrogen) atoms. The molecule has 0 spiro atoms. The quantitative estimate of drug-likeness (QED) is 0.394. The molecule has 1 amide bonds. The fourth-order valence-corrected chi connectivity index (χ4v) is 3.36. The van der Waals surface area contributed by atoms with Gasteiger partial charge in [-0.1, -0.05) is 11.8 Å². The van der Waals surface area contributed by atoms with Gasteiger partial charge in [0.15, 0.2) is 5.17 Å². The Morgan fingerprint density at radius 1 is 1.45 bits per heavy atom. The molecule has 11 nitrogen and oxygen atoms in total. The van der Waals surface area contributed by atoms with Crippen molar-refractivity contribution in [3.05, 3.63) is 46.2 Å². The lowest BCUT2D eigenvalue weighted by Crippen LogP contribution is -2.26. The molecule has 1 aliphatic heterocycles. The summed E-state index contributed by atoms with van der Waals surface area (Å²) >= 11 is 0.985. The van der Waals surface area contributed by atoms with E-state index in [0.29, 0.717) is 17.1 Å². The summed E-state index contributed by atoms with van der Waals surface area (Å²) in [5, 5.41) is 29.2.